The smallest absolute Gasteiger partial charge is 0.210 e. The van der Waals surface area contributed by atoms with E-state index in [0.29, 0.717) is 5.02 Å². The normalized spacial score (nSPS) is 10.1. The van der Waals surface area contributed by atoms with Crippen LogP contribution in [0.1, 0.15) is 0 Å². The lowest BCUT2D eigenvalue weighted by atomic mass is 10.3. The van der Waals surface area contributed by atoms with Crippen molar-refractivity contribution in [1.29, 1.82) is 0 Å². The van der Waals surface area contributed by atoms with E-state index >= 15 is 0 Å². The molecule has 2 rings (SSSR count). The van der Waals surface area contributed by atoms with Crippen LogP contribution in [0.25, 0.3) is 0 Å². The number of halogens is 2. The van der Waals surface area contributed by atoms with Gasteiger partial charge in [-0.3, -0.25) is 0 Å². The molecule has 1 heterocycles. The first-order valence-corrected chi connectivity index (χ1v) is 5.74. The Morgan fingerprint density at radius 2 is 1.93 bits per heavy atom. The lowest BCUT2D eigenvalue weighted by Gasteiger charge is -2.00. The summed E-state index contributed by atoms with van der Waals surface area (Å²) in [6, 6.07) is 7.41. The maximum atomic E-state index is 5.76. The van der Waals surface area contributed by atoms with E-state index in [1.807, 2.05) is 24.3 Å². The molecule has 0 radical (unpaired) electrons. The molecule has 0 saturated carbocycles. The highest BCUT2D eigenvalue weighted by atomic mass is 79.9. The fourth-order valence-electron chi connectivity index (χ4n) is 0.913. The first-order valence-electron chi connectivity index (χ1n) is 3.75. The minimum Gasteiger partial charge on any atom is -0.330 e. The van der Waals surface area contributed by atoms with Crippen LogP contribution in [0.3, 0.4) is 0 Å². The van der Waals surface area contributed by atoms with E-state index in [1.54, 1.807) is 0 Å². The number of rotatable bonds is 2. The molecule has 14 heavy (non-hydrogen) atoms. The monoisotopic (exact) mass is 289 g/mol. The summed E-state index contributed by atoms with van der Waals surface area (Å²) < 4.78 is 0.758. The first kappa shape index (κ1) is 9.89. The zero-order chi connectivity index (χ0) is 9.97. The van der Waals surface area contributed by atoms with Gasteiger partial charge in [0.05, 0.1) is 0 Å². The van der Waals surface area contributed by atoms with Gasteiger partial charge in [0, 0.05) is 10.7 Å². The third-order valence-corrected chi connectivity index (χ3v) is 3.02. The van der Waals surface area contributed by atoms with Gasteiger partial charge in [0.2, 0.25) is 5.13 Å². The molecule has 6 heteroatoms. The van der Waals surface area contributed by atoms with Crippen LogP contribution in [0.2, 0.25) is 5.02 Å². The fourth-order valence-corrected chi connectivity index (χ4v) is 2.07. The topological polar surface area (TPSA) is 37.8 Å². The van der Waals surface area contributed by atoms with Crippen molar-refractivity contribution in [3.05, 3.63) is 33.2 Å². The molecule has 0 aliphatic rings. The number of aromatic nitrogens is 2. The molecular weight excluding hydrogens is 286 g/mol. The van der Waals surface area contributed by atoms with Gasteiger partial charge < -0.3 is 5.32 Å². The summed E-state index contributed by atoms with van der Waals surface area (Å²) in [5.41, 5.74) is 0.943. The molecule has 0 bridgehead atoms. The van der Waals surface area contributed by atoms with Gasteiger partial charge >= 0.3 is 0 Å². The molecule has 72 valence electrons. The van der Waals surface area contributed by atoms with Gasteiger partial charge in [-0.2, -0.15) is 0 Å². The van der Waals surface area contributed by atoms with E-state index in [9.17, 15) is 0 Å². The third-order valence-electron chi connectivity index (χ3n) is 1.50. The zero-order valence-corrected chi connectivity index (χ0v) is 10.0. The van der Waals surface area contributed by atoms with Crippen LogP contribution in [0.4, 0.5) is 10.8 Å². The van der Waals surface area contributed by atoms with Gasteiger partial charge in [-0.1, -0.05) is 22.9 Å². The number of nitrogens with one attached hydrogen (secondary N) is 1. The van der Waals surface area contributed by atoms with E-state index in [0.717, 1.165) is 14.7 Å². The molecule has 0 saturated heterocycles. The minimum absolute atomic E-state index is 0.717. The second kappa shape index (κ2) is 4.25. The van der Waals surface area contributed by atoms with E-state index in [1.165, 1.54) is 11.3 Å². The second-order valence-electron chi connectivity index (χ2n) is 2.49. The van der Waals surface area contributed by atoms with Gasteiger partial charge in [-0.05, 0) is 40.2 Å². The van der Waals surface area contributed by atoms with Crippen LogP contribution >= 0.6 is 38.9 Å². The quantitative estimate of drug-likeness (QED) is 0.916. The Labute approximate surface area is 98.3 Å². The van der Waals surface area contributed by atoms with E-state index < -0.39 is 0 Å². The largest absolute Gasteiger partial charge is 0.330 e. The highest BCUT2D eigenvalue weighted by molar-refractivity contribution is 9.11. The van der Waals surface area contributed by atoms with Gasteiger partial charge in [0.25, 0.3) is 0 Å². The van der Waals surface area contributed by atoms with Crippen molar-refractivity contribution in [2.24, 2.45) is 0 Å². The van der Waals surface area contributed by atoms with Crippen molar-refractivity contribution in [3.63, 3.8) is 0 Å². The molecule has 0 spiro atoms. The molecular formula is C8H5BrClN3S. The van der Waals surface area contributed by atoms with Crippen LogP contribution in [0, 0.1) is 0 Å². The zero-order valence-electron chi connectivity index (χ0n) is 6.87. The Bertz CT molecular complexity index is 428. The van der Waals surface area contributed by atoms with Crippen LogP contribution in [0.5, 0.6) is 0 Å². The van der Waals surface area contributed by atoms with E-state index in [2.05, 4.69) is 31.4 Å². The highest BCUT2D eigenvalue weighted by Crippen LogP contribution is 2.24. The molecule has 0 amide bonds. The van der Waals surface area contributed by atoms with Crippen molar-refractivity contribution in [2.75, 3.05) is 5.32 Å². The number of hydrogen-bond acceptors (Lipinski definition) is 4. The average Bonchev–Trinajstić information content (AvgIpc) is 2.56. The molecule has 0 aliphatic carbocycles. The molecule has 0 fully saturated rings. The molecule has 0 atom stereocenters. The number of nitrogens with zero attached hydrogens (tertiary/aromatic N) is 2. The van der Waals surface area contributed by atoms with Gasteiger partial charge in [0.15, 0.2) is 3.92 Å². The van der Waals surface area contributed by atoms with Crippen molar-refractivity contribution >= 4 is 49.7 Å². The number of anilines is 2. The summed E-state index contributed by atoms with van der Waals surface area (Å²) >= 11 is 10.4. The van der Waals surface area contributed by atoms with Crippen molar-refractivity contribution in [3.8, 4) is 0 Å². The van der Waals surface area contributed by atoms with Crippen LogP contribution in [-0.2, 0) is 0 Å². The summed E-state index contributed by atoms with van der Waals surface area (Å²) in [4.78, 5) is 0. The Morgan fingerprint density at radius 3 is 2.50 bits per heavy atom. The minimum atomic E-state index is 0.717. The molecule has 1 aromatic carbocycles. The summed E-state index contributed by atoms with van der Waals surface area (Å²) in [5, 5.41) is 12.3. The SMILES string of the molecule is Clc1ccc(Nc2nnc(Br)s2)cc1. The second-order valence-corrected chi connectivity index (χ2v) is 5.18. The Kier molecular flexibility index (Phi) is 3.00. The molecule has 0 unspecified atom stereocenters. The Hall–Kier alpha value is -0.650. The van der Waals surface area contributed by atoms with Crippen molar-refractivity contribution in [1.82, 2.24) is 10.2 Å². The maximum Gasteiger partial charge on any atom is 0.210 e. The van der Waals surface area contributed by atoms with Crippen LogP contribution in [0.15, 0.2) is 28.2 Å². The number of benzene rings is 1. The lowest BCUT2D eigenvalue weighted by molar-refractivity contribution is 1.07. The summed E-state index contributed by atoms with van der Waals surface area (Å²) in [7, 11) is 0. The molecule has 0 aliphatic heterocycles. The fraction of sp³-hybridized carbons (Fsp3) is 0. The first-order chi connectivity index (χ1) is 6.74. The predicted molar refractivity (Wildman–Crippen MR) is 62.3 cm³/mol. The predicted octanol–water partition coefficient (Wildman–Crippen LogP) is 3.70. The maximum absolute atomic E-state index is 5.76. The van der Waals surface area contributed by atoms with E-state index in [4.69, 9.17) is 11.6 Å². The lowest BCUT2D eigenvalue weighted by Crippen LogP contribution is -1.88. The molecule has 3 nitrogen and oxygen atoms in total. The Morgan fingerprint density at radius 1 is 1.21 bits per heavy atom. The van der Waals surface area contributed by atoms with Crippen molar-refractivity contribution in [2.45, 2.75) is 0 Å². The molecule has 1 N–H and O–H groups in total. The summed E-state index contributed by atoms with van der Waals surface area (Å²) in [6.45, 7) is 0. The average molecular weight is 291 g/mol. The standard InChI is InChI=1S/C8H5BrClN3S/c9-7-12-13-8(14-7)11-6-3-1-5(10)2-4-6/h1-4H,(H,11,13). The third kappa shape index (κ3) is 2.43. The van der Waals surface area contributed by atoms with Crippen LogP contribution in [-0.4, -0.2) is 10.2 Å². The van der Waals surface area contributed by atoms with Gasteiger partial charge in [-0.25, -0.2) is 0 Å². The van der Waals surface area contributed by atoms with Crippen molar-refractivity contribution < 1.29 is 0 Å². The Balaban J connectivity index is 2.15. The summed E-state index contributed by atoms with van der Waals surface area (Å²) in [6.07, 6.45) is 0. The van der Waals surface area contributed by atoms with E-state index in [-0.39, 0.29) is 0 Å². The van der Waals surface area contributed by atoms with Gasteiger partial charge in [0.1, 0.15) is 0 Å². The number of hydrogen-bond donors (Lipinski definition) is 1. The van der Waals surface area contributed by atoms with Gasteiger partial charge in [-0.15, -0.1) is 10.2 Å². The van der Waals surface area contributed by atoms with Crippen LogP contribution < -0.4 is 5.32 Å². The molecule has 1 aromatic heterocycles. The molecule has 2 aromatic rings. The highest BCUT2D eigenvalue weighted by Gasteiger charge is 2.00. The summed E-state index contributed by atoms with van der Waals surface area (Å²) in [5.74, 6) is 0.